The molecular formula is C47H64N4O11. The van der Waals surface area contributed by atoms with E-state index in [9.17, 15) is 34.8 Å². The summed E-state index contributed by atoms with van der Waals surface area (Å²) in [6, 6.07) is 0. The van der Waals surface area contributed by atoms with Gasteiger partial charge in [-0.05, 0) is 38.7 Å². The average Bonchev–Trinajstić information content (AvgIpc) is 3.49. The number of anilines is 1. The molecule has 338 valence electrons. The zero-order valence-corrected chi connectivity index (χ0v) is 37.8. The number of rotatable bonds is 4. The van der Waals surface area contributed by atoms with E-state index in [2.05, 4.69) is 29.1 Å². The predicted octanol–water partition coefficient (Wildman–Crippen LogP) is 4.79. The first-order valence-corrected chi connectivity index (χ1v) is 21.7. The third-order valence-corrected chi connectivity index (χ3v) is 13.3. The molecule has 4 heterocycles. The number of aliphatic hydroxyl groups excluding tert-OH is 2. The highest BCUT2D eigenvalue weighted by molar-refractivity contribution is 6.21. The summed E-state index contributed by atoms with van der Waals surface area (Å²) in [5.41, 5.74) is 0.227. The fourth-order valence-electron chi connectivity index (χ4n) is 9.45. The topological polar surface area (TPSA) is 209 Å². The van der Waals surface area contributed by atoms with Crippen molar-refractivity contribution in [3.05, 3.63) is 58.0 Å². The number of aliphatic hydroxyl groups is 2. The first-order chi connectivity index (χ1) is 29.1. The van der Waals surface area contributed by atoms with Gasteiger partial charge in [-0.1, -0.05) is 59.8 Å². The Morgan fingerprint density at radius 1 is 0.984 bits per heavy atom. The van der Waals surface area contributed by atoms with E-state index in [-0.39, 0.29) is 49.7 Å². The molecule has 62 heavy (non-hydrogen) atoms. The summed E-state index contributed by atoms with van der Waals surface area (Å²) in [7, 11) is 1.47. The van der Waals surface area contributed by atoms with Crippen molar-refractivity contribution in [2.75, 3.05) is 38.6 Å². The molecule has 6 rings (SSSR count). The standard InChI is InChI=1S/C47H64N4O11/c1-23(2)21-51-18-16-47(17-19-51)22-48-36-35(50-47)32-33-40(55)29(8)43-34(32)44(57)46(10,62-43)60-20-15-31(59-11)26(5)42(61-30(9)52)28(7)39(54)27(6)38(53)24(3)13-12-14-25(4)45(58)49-37(36)41(33)56/h12-15,20,23-24,26-28,31,38-39,42,50,53-56H,16-19,21-22H2,1-11H3/b13-12+,20-15+,25-14-,49-37?/t24-,26?,27+,28+,31-,38-,39+,42+,46-/m0/s1. The number of nitrogens with one attached hydrogen (secondary N) is 1. The number of phenolic OH excluding ortho intramolecular Hbond substituents is 2. The number of carbonyl (C=O) groups is 3. The smallest absolute Gasteiger partial charge is 0.312 e. The number of fused-ring (bicyclic) bond motifs is 1. The minimum absolute atomic E-state index is 0.0578. The SMILES string of the molecule is CO[C@H]1/C=C/O[C@@]2(C)Oc3c(C)c(O)c4c(O)c(c5c(c4c3C2=O)NC2(CCN(CC(C)C)CC2)CN=5)=NC(=O)/C(C)=C\C=C\[C@H](C)[C@H](O)[C@@H](C)[C@@H](O)[C@@H](C)[C@H](OC(C)=O)C1C. The summed E-state index contributed by atoms with van der Waals surface area (Å²) in [4.78, 5) is 52.9. The molecule has 2 aromatic carbocycles. The first-order valence-electron chi connectivity index (χ1n) is 21.7. The highest BCUT2D eigenvalue weighted by Crippen LogP contribution is 2.51. The number of nitrogens with zero attached hydrogens (tertiary/aromatic N) is 3. The Labute approximate surface area is 363 Å². The molecular weight excluding hydrogens is 797 g/mol. The Hall–Kier alpha value is -4.83. The van der Waals surface area contributed by atoms with Crippen LogP contribution in [0, 0.1) is 36.5 Å². The number of hydrogen-bond donors (Lipinski definition) is 5. The molecule has 15 nitrogen and oxygen atoms in total. The van der Waals surface area contributed by atoms with Gasteiger partial charge in [0.1, 0.15) is 28.3 Å². The molecule has 0 radical (unpaired) electrons. The first kappa shape index (κ1) is 46.7. The molecule has 0 aromatic heterocycles. The molecule has 5 N–H and O–H groups in total. The minimum atomic E-state index is -1.96. The van der Waals surface area contributed by atoms with Gasteiger partial charge in [0.05, 0.1) is 53.3 Å². The molecule has 4 aliphatic rings. The third-order valence-electron chi connectivity index (χ3n) is 13.3. The lowest BCUT2D eigenvalue weighted by Crippen LogP contribution is -2.55. The summed E-state index contributed by atoms with van der Waals surface area (Å²) in [5.74, 6) is -6.54. The van der Waals surface area contributed by atoms with Crippen LogP contribution in [0.3, 0.4) is 0 Å². The molecule has 4 bridgehead atoms. The maximum Gasteiger partial charge on any atom is 0.312 e. The van der Waals surface area contributed by atoms with Crippen LogP contribution < -0.4 is 20.8 Å². The number of likely N-dealkylation sites (tertiary alicyclic amines) is 1. The van der Waals surface area contributed by atoms with Crippen molar-refractivity contribution >= 4 is 34.1 Å². The number of allylic oxidation sites excluding steroid dienone is 2. The minimum Gasteiger partial charge on any atom is -0.507 e. The van der Waals surface area contributed by atoms with E-state index >= 15 is 0 Å². The summed E-state index contributed by atoms with van der Waals surface area (Å²) < 4.78 is 24.1. The fourth-order valence-corrected chi connectivity index (χ4v) is 9.45. The van der Waals surface area contributed by atoms with Gasteiger partial charge in [-0.2, -0.15) is 0 Å². The van der Waals surface area contributed by atoms with E-state index in [1.165, 1.54) is 27.2 Å². The van der Waals surface area contributed by atoms with Crippen molar-refractivity contribution in [2.24, 2.45) is 39.6 Å². The van der Waals surface area contributed by atoms with Gasteiger partial charge in [0.25, 0.3) is 11.7 Å². The zero-order chi connectivity index (χ0) is 45.6. The molecule has 0 aliphatic carbocycles. The van der Waals surface area contributed by atoms with Crippen LogP contribution >= 0.6 is 0 Å². The van der Waals surface area contributed by atoms with Crippen molar-refractivity contribution in [3.8, 4) is 17.2 Å². The number of ether oxygens (including phenoxy) is 4. The predicted molar refractivity (Wildman–Crippen MR) is 233 cm³/mol. The second-order valence-corrected chi connectivity index (χ2v) is 18.4. The number of amides is 1. The lowest BCUT2D eigenvalue weighted by Gasteiger charge is -2.44. The van der Waals surface area contributed by atoms with Crippen molar-refractivity contribution in [1.29, 1.82) is 0 Å². The lowest BCUT2D eigenvalue weighted by molar-refractivity contribution is -0.160. The second kappa shape index (κ2) is 18.1. The summed E-state index contributed by atoms with van der Waals surface area (Å²) in [6.07, 6.45) is 5.36. The van der Waals surface area contributed by atoms with Crippen LogP contribution in [-0.4, -0.2) is 112 Å². The number of esters is 1. The third kappa shape index (κ3) is 8.73. The quantitative estimate of drug-likeness (QED) is 0.207. The molecule has 1 unspecified atom stereocenters. The van der Waals surface area contributed by atoms with Crippen LogP contribution in [-0.2, 0) is 23.8 Å². The molecule has 0 saturated carbocycles. The Kier molecular flexibility index (Phi) is 13.6. The van der Waals surface area contributed by atoms with Gasteiger partial charge >= 0.3 is 11.8 Å². The Bertz CT molecular complexity index is 2310. The number of hydrogen-bond acceptors (Lipinski definition) is 14. The van der Waals surface area contributed by atoms with Crippen LogP contribution in [0.1, 0.15) is 91.1 Å². The van der Waals surface area contributed by atoms with E-state index in [1.807, 2.05) is 0 Å². The molecule has 4 aliphatic heterocycles. The molecule has 9 atom stereocenters. The van der Waals surface area contributed by atoms with Crippen LogP contribution in [0.25, 0.3) is 10.8 Å². The number of piperidine rings is 1. The molecule has 1 fully saturated rings. The number of benzene rings is 2. The van der Waals surface area contributed by atoms with Gasteiger partial charge in [0.2, 0.25) is 0 Å². The van der Waals surface area contributed by atoms with Crippen molar-refractivity contribution in [1.82, 2.24) is 4.90 Å². The summed E-state index contributed by atoms with van der Waals surface area (Å²) in [5, 5.41) is 50.7. The summed E-state index contributed by atoms with van der Waals surface area (Å²) >= 11 is 0. The second-order valence-electron chi connectivity index (χ2n) is 18.4. The van der Waals surface area contributed by atoms with Gasteiger partial charge in [-0.3, -0.25) is 19.4 Å². The van der Waals surface area contributed by atoms with E-state index in [0.29, 0.717) is 18.2 Å². The number of ketones is 1. The molecule has 2 aromatic rings. The van der Waals surface area contributed by atoms with Crippen molar-refractivity contribution < 1.29 is 53.8 Å². The van der Waals surface area contributed by atoms with Gasteiger partial charge in [0.15, 0.2) is 5.75 Å². The average molecular weight is 861 g/mol. The van der Waals surface area contributed by atoms with E-state index in [1.54, 1.807) is 65.8 Å². The number of phenols is 2. The summed E-state index contributed by atoms with van der Waals surface area (Å²) in [6.45, 7) is 20.1. The Morgan fingerprint density at radius 3 is 2.29 bits per heavy atom. The molecule has 1 saturated heterocycles. The van der Waals surface area contributed by atoms with E-state index in [0.717, 1.165) is 32.5 Å². The zero-order valence-electron chi connectivity index (χ0n) is 37.8. The lowest BCUT2D eigenvalue weighted by atomic mass is 9.78. The highest BCUT2D eigenvalue weighted by atomic mass is 16.7. The molecule has 1 spiro atoms. The highest BCUT2D eigenvalue weighted by Gasteiger charge is 2.50. The monoisotopic (exact) mass is 860 g/mol. The van der Waals surface area contributed by atoms with Crippen LogP contribution in [0.15, 0.2) is 46.1 Å². The Balaban J connectivity index is 1.56. The maximum atomic E-state index is 14.8. The van der Waals surface area contributed by atoms with E-state index < -0.39 is 82.8 Å². The number of Topliss-reactive ketones (excluding diaryl/α,β-unsaturated/α-hetero) is 1. The van der Waals surface area contributed by atoms with Crippen molar-refractivity contribution in [2.45, 2.75) is 118 Å². The maximum absolute atomic E-state index is 14.8. The number of methoxy groups -OCH3 is 1. The fraction of sp³-hybridized carbons (Fsp3) is 0.596. The largest absolute Gasteiger partial charge is 0.507 e. The van der Waals surface area contributed by atoms with E-state index in [4.69, 9.17) is 23.9 Å². The van der Waals surface area contributed by atoms with Gasteiger partial charge in [-0.25, -0.2) is 4.99 Å². The van der Waals surface area contributed by atoms with Gasteiger partial charge in [0, 0.05) is 80.8 Å². The Morgan fingerprint density at radius 2 is 1.66 bits per heavy atom. The molecule has 15 heteroatoms. The van der Waals surface area contributed by atoms with Gasteiger partial charge < -0.3 is 49.6 Å². The number of carbonyl (C=O) groups excluding carboxylic acids is 3. The van der Waals surface area contributed by atoms with Crippen LogP contribution in [0.2, 0.25) is 0 Å². The van der Waals surface area contributed by atoms with Crippen LogP contribution in [0.5, 0.6) is 17.2 Å². The van der Waals surface area contributed by atoms with Crippen molar-refractivity contribution in [3.63, 3.8) is 0 Å². The van der Waals surface area contributed by atoms with Crippen LogP contribution in [0.4, 0.5) is 5.69 Å². The molecule has 1 amide bonds. The van der Waals surface area contributed by atoms with Gasteiger partial charge in [-0.15, -0.1) is 0 Å². The number of aromatic hydroxyl groups is 2. The normalized spacial score (nSPS) is 32.5.